The molecule has 0 aliphatic rings. The lowest BCUT2D eigenvalue weighted by molar-refractivity contribution is 0.883. The van der Waals surface area contributed by atoms with Crippen LogP contribution in [0.5, 0.6) is 0 Å². The second-order valence-corrected chi connectivity index (χ2v) is 6.16. The third-order valence-corrected chi connectivity index (χ3v) is 4.43. The molecule has 4 rings (SSSR count). The molecule has 3 nitrogen and oxygen atoms in total. The number of benzene rings is 3. The molecule has 0 radical (unpaired) electrons. The zero-order valence-corrected chi connectivity index (χ0v) is 14.3. The normalized spacial score (nSPS) is 10.8. The van der Waals surface area contributed by atoms with Gasteiger partial charge >= 0.3 is 0 Å². The van der Waals surface area contributed by atoms with Crippen LogP contribution >= 0.6 is 0 Å². The number of hydrogen-bond donors (Lipinski definition) is 0. The van der Waals surface area contributed by atoms with Crippen molar-refractivity contribution in [3.63, 3.8) is 0 Å². The average Bonchev–Trinajstić information content (AvgIpc) is 3.13. The van der Waals surface area contributed by atoms with Crippen molar-refractivity contribution in [2.24, 2.45) is 0 Å². The highest BCUT2D eigenvalue weighted by molar-refractivity contribution is 5.78. The maximum Gasteiger partial charge on any atom is 0.181 e. The molecule has 0 bridgehead atoms. The minimum Gasteiger partial charge on any atom is -0.220 e. The second-order valence-electron chi connectivity index (χ2n) is 6.16. The third kappa shape index (κ3) is 2.85. The maximum atomic E-state index is 4.70. The van der Waals surface area contributed by atoms with Gasteiger partial charge in [-0.2, -0.15) is 0 Å². The Morgan fingerprint density at radius 2 is 1.40 bits per heavy atom. The minimum absolute atomic E-state index is 0.733. The quantitative estimate of drug-likeness (QED) is 0.517. The predicted molar refractivity (Wildman–Crippen MR) is 102 cm³/mol. The summed E-state index contributed by atoms with van der Waals surface area (Å²) in [6, 6.07) is 24.8. The first kappa shape index (κ1) is 15.3. The molecule has 122 valence electrons. The molecule has 0 fully saturated rings. The number of rotatable bonds is 3. The fraction of sp³-hybridized carbons (Fsp3) is 0.0909. The van der Waals surface area contributed by atoms with E-state index in [0.717, 1.165) is 17.1 Å². The van der Waals surface area contributed by atoms with Gasteiger partial charge in [0.1, 0.15) is 6.33 Å². The Kier molecular flexibility index (Phi) is 3.90. The van der Waals surface area contributed by atoms with Gasteiger partial charge in [-0.05, 0) is 36.6 Å². The molecular formula is C22H19N3. The standard InChI is InChI=1S/C22H19N3/c1-16-9-8-10-17(2)21(16)19-13-6-7-14-20(19)25-15-23-22(24-25)18-11-4-3-5-12-18/h3-15H,1-2H3. The molecule has 0 aliphatic carbocycles. The topological polar surface area (TPSA) is 30.7 Å². The number of para-hydroxylation sites is 1. The molecule has 1 aromatic heterocycles. The van der Waals surface area contributed by atoms with E-state index in [2.05, 4.69) is 55.2 Å². The molecule has 25 heavy (non-hydrogen) atoms. The summed E-state index contributed by atoms with van der Waals surface area (Å²) in [5, 5.41) is 4.70. The van der Waals surface area contributed by atoms with Gasteiger partial charge in [-0.1, -0.05) is 66.7 Å². The lowest BCUT2D eigenvalue weighted by Crippen LogP contribution is -1.99. The molecule has 0 unspecified atom stereocenters. The summed E-state index contributed by atoms with van der Waals surface area (Å²) < 4.78 is 1.86. The van der Waals surface area contributed by atoms with E-state index in [-0.39, 0.29) is 0 Å². The highest BCUT2D eigenvalue weighted by atomic mass is 15.3. The molecule has 1 heterocycles. The Labute approximate surface area is 147 Å². The Hall–Kier alpha value is -3.20. The smallest absolute Gasteiger partial charge is 0.181 e. The maximum absolute atomic E-state index is 4.70. The number of nitrogens with zero attached hydrogens (tertiary/aromatic N) is 3. The van der Waals surface area contributed by atoms with Gasteiger partial charge < -0.3 is 0 Å². The molecule has 0 saturated carbocycles. The van der Waals surface area contributed by atoms with Crippen molar-refractivity contribution >= 4 is 0 Å². The zero-order chi connectivity index (χ0) is 17.2. The minimum atomic E-state index is 0.733. The van der Waals surface area contributed by atoms with Crippen LogP contribution in [-0.4, -0.2) is 14.8 Å². The van der Waals surface area contributed by atoms with Gasteiger partial charge in [0.15, 0.2) is 5.82 Å². The van der Waals surface area contributed by atoms with Crippen molar-refractivity contribution in [3.05, 3.63) is 90.3 Å². The van der Waals surface area contributed by atoms with Gasteiger partial charge in [-0.15, -0.1) is 5.10 Å². The Morgan fingerprint density at radius 3 is 2.16 bits per heavy atom. The highest BCUT2D eigenvalue weighted by Crippen LogP contribution is 2.32. The lowest BCUT2D eigenvalue weighted by atomic mass is 9.94. The van der Waals surface area contributed by atoms with Crippen LogP contribution in [0.2, 0.25) is 0 Å². The largest absolute Gasteiger partial charge is 0.220 e. The molecule has 0 aliphatic heterocycles. The molecule has 3 heteroatoms. The summed E-state index contributed by atoms with van der Waals surface area (Å²) in [5.41, 5.74) is 7.00. The van der Waals surface area contributed by atoms with E-state index >= 15 is 0 Å². The van der Waals surface area contributed by atoms with Crippen molar-refractivity contribution in [1.29, 1.82) is 0 Å². The first-order chi connectivity index (χ1) is 12.2. The average molecular weight is 325 g/mol. The van der Waals surface area contributed by atoms with Crippen LogP contribution in [0.3, 0.4) is 0 Å². The highest BCUT2D eigenvalue weighted by Gasteiger charge is 2.13. The molecule has 0 N–H and O–H groups in total. The molecule has 0 saturated heterocycles. The fourth-order valence-corrected chi connectivity index (χ4v) is 3.22. The summed E-state index contributed by atoms with van der Waals surface area (Å²) in [4.78, 5) is 4.49. The van der Waals surface area contributed by atoms with Gasteiger partial charge in [-0.3, -0.25) is 0 Å². The van der Waals surface area contributed by atoms with E-state index in [4.69, 9.17) is 5.10 Å². The Balaban J connectivity index is 1.85. The molecule has 4 aromatic rings. The Morgan fingerprint density at radius 1 is 0.720 bits per heavy atom. The van der Waals surface area contributed by atoms with Crippen LogP contribution in [0.4, 0.5) is 0 Å². The van der Waals surface area contributed by atoms with Crippen LogP contribution in [0.1, 0.15) is 11.1 Å². The number of hydrogen-bond acceptors (Lipinski definition) is 2. The Bertz CT molecular complexity index is 996. The number of aryl methyl sites for hydroxylation is 2. The monoisotopic (exact) mass is 325 g/mol. The van der Waals surface area contributed by atoms with E-state index in [9.17, 15) is 0 Å². The van der Waals surface area contributed by atoms with Gasteiger partial charge in [0.25, 0.3) is 0 Å². The van der Waals surface area contributed by atoms with Crippen LogP contribution in [0, 0.1) is 13.8 Å². The van der Waals surface area contributed by atoms with Gasteiger partial charge in [0.05, 0.1) is 5.69 Å². The predicted octanol–water partition coefficient (Wildman–Crippen LogP) is 5.22. The van der Waals surface area contributed by atoms with Gasteiger partial charge in [-0.25, -0.2) is 9.67 Å². The van der Waals surface area contributed by atoms with Crippen molar-refractivity contribution in [1.82, 2.24) is 14.8 Å². The van der Waals surface area contributed by atoms with Crippen molar-refractivity contribution in [3.8, 4) is 28.2 Å². The van der Waals surface area contributed by atoms with E-state index in [0.29, 0.717) is 0 Å². The van der Waals surface area contributed by atoms with Crippen LogP contribution in [-0.2, 0) is 0 Å². The van der Waals surface area contributed by atoms with Gasteiger partial charge in [0.2, 0.25) is 0 Å². The molecule has 0 amide bonds. The molecule has 0 atom stereocenters. The van der Waals surface area contributed by atoms with E-state index in [1.54, 1.807) is 6.33 Å². The first-order valence-corrected chi connectivity index (χ1v) is 8.37. The van der Waals surface area contributed by atoms with Crippen LogP contribution in [0.25, 0.3) is 28.2 Å². The van der Waals surface area contributed by atoms with Crippen molar-refractivity contribution in [2.45, 2.75) is 13.8 Å². The lowest BCUT2D eigenvalue weighted by Gasteiger charge is -2.14. The molecule has 3 aromatic carbocycles. The summed E-state index contributed by atoms with van der Waals surface area (Å²) in [7, 11) is 0. The van der Waals surface area contributed by atoms with E-state index in [1.165, 1.54) is 22.3 Å². The fourth-order valence-electron chi connectivity index (χ4n) is 3.22. The zero-order valence-electron chi connectivity index (χ0n) is 14.3. The molecular weight excluding hydrogens is 306 g/mol. The van der Waals surface area contributed by atoms with E-state index in [1.807, 2.05) is 41.1 Å². The summed E-state index contributed by atoms with van der Waals surface area (Å²) in [5.74, 6) is 0.733. The first-order valence-electron chi connectivity index (χ1n) is 8.37. The molecule has 0 spiro atoms. The van der Waals surface area contributed by atoms with Crippen LogP contribution < -0.4 is 0 Å². The van der Waals surface area contributed by atoms with Crippen molar-refractivity contribution in [2.75, 3.05) is 0 Å². The SMILES string of the molecule is Cc1cccc(C)c1-c1ccccc1-n1cnc(-c2ccccc2)n1. The van der Waals surface area contributed by atoms with Crippen molar-refractivity contribution < 1.29 is 0 Å². The summed E-state index contributed by atoms with van der Waals surface area (Å²) in [6.07, 6.45) is 1.79. The summed E-state index contributed by atoms with van der Waals surface area (Å²) in [6.45, 7) is 4.30. The third-order valence-electron chi connectivity index (χ3n) is 4.43. The number of aromatic nitrogens is 3. The van der Waals surface area contributed by atoms with E-state index < -0.39 is 0 Å². The van der Waals surface area contributed by atoms with Gasteiger partial charge in [0, 0.05) is 11.1 Å². The second kappa shape index (κ2) is 6.36. The van der Waals surface area contributed by atoms with Crippen LogP contribution in [0.15, 0.2) is 79.1 Å². The summed E-state index contributed by atoms with van der Waals surface area (Å²) >= 11 is 0.